The number of hydrogen-bond acceptors (Lipinski definition) is 0. The summed E-state index contributed by atoms with van der Waals surface area (Å²) >= 11 is 0. The molecule has 0 aliphatic heterocycles. The van der Waals surface area contributed by atoms with E-state index in [1.165, 1.54) is 5.57 Å². The van der Waals surface area contributed by atoms with Crippen molar-refractivity contribution in [3.05, 3.63) is 36.5 Å². The van der Waals surface area contributed by atoms with Crippen molar-refractivity contribution in [1.82, 2.24) is 0 Å². The number of rotatable bonds is 4. The van der Waals surface area contributed by atoms with Gasteiger partial charge in [-0.2, -0.15) is 0 Å². The quantitative estimate of drug-likeness (QED) is 0.410. The second-order valence-electron chi connectivity index (χ2n) is 2.17. The first-order valence-corrected chi connectivity index (χ1v) is 3.76. The summed E-state index contributed by atoms with van der Waals surface area (Å²) in [5.41, 5.74) is 1.48. The van der Waals surface area contributed by atoms with E-state index in [0.29, 0.717) is 0 Å². The molecule has 0 rings (SSSR count). The van der Waals surface area contributed by atoms with Crippen LogP contribution in [0.5, 0.6) is 0 Å². The molecule has 0 N–H and O–H groups in total. The second-order valence-corrected chi connectivity index (χ2v) is 2.17. The molecule has 56 valence electrons. The Hall–Kier alpha value is -0.780. The molecule has 0 heteroatoms. The Balaban J connectivity index is 3.65. The van der Waals surface area contributed by atoms with Crippen LogP contribution in [0, 0.1) is 0 Å². The van der Waals surface area contributed by atoms with Gasteiger partial charge >= 0.3 is 0 Å². The van der Waals surface area contributed by atoms with E-state index in [2.05, 4.69) is 32.6 Å². The highest BCUT2D eigenvalue weighted by atomic mass is 13.9. The SMILES string of the molecule is C=C/C=C\C/C(=C\C)CC. The molecular formula is C10H16. The third kappa shape index (κ3) is 4.13. The predicted octanol–water partition coefficient (Wildman–Crippen LogP) is 3.48. The Morgan fingerprint density at radius 2 is 2.20 bits per heavy atom. The smallest absolute Gasteiger partial charge is 0.0136 e. The van der Waals surface area contributed by atoms with Crippen molar-refractivity contribution >= 4 is 0 Å². The Bertz CT molecular complexity index is 138. The third-order valence-corrected chi connectivity index (χ3v) is 1.51. The van der Waals surface area contributed by atoms with Gasteiger partial charge in [0.15, 0.2) is 0 Å². The lowest BCUT2D eigenvalue weighted by Gasteiger charge is -1.95. The maximum atomic E-state index is 3.60. The van der Waals surface area contributed by atoms with Gasteiger partial charge in [0.05, 0.1) is 0 Å². The molecule has 0 spiro atoms. The van der Waals surface area contributed by atoms with Gasteiger partial charge in [-0.3, -0.25) is 0 Å². The average molecular weight is 136 g/mol. The largest absolute Gasteiger partial charge is 0.0991 e. The molecule has 0 nitrogen and oxygen atoms in total. The van der Waals surface area contributed by atoms with Gasteiger partial charge in [-0.25, -0.2) is 0 Å². The normalized spacial score (nSPS) is 12.4. The standard InChI is InChI=1S/C10H16/c1-4-7-8-9-10(5-2)6-3/h4-5,7-8H,1,6,9H2,2-3H3/b8-7-,10-5-. The first kappa shape index (κ1) is 9.22. The van der Waals surface area contributed by atoms with Gasteiger partial charge < -0.3 is 0 Å². The molecule has 0 unspecified atom stereocenters. The van der Waals surface area contributed by atoms with Crippen molar-refractivity contribution in [3.8, 4) is 0 Å². The van der Waals surface area contributed by atoms with Crippen LogP contribution in [0.25, 0.3) is 0 Å². The molecule has 0 heterocycles. The molecule has 0 saturated carbocycles. The molecule has 10 heavy (non-hydrogen) atoms. The van der Waals surface area contributed by atoms with Crippen LogP contribution < -0.4 is 0 Å². The molecule has 0 aromatic heterocycles. The van der Waals surface area contributed by atoms with Crippen LogP contribution in [0.3, 0.4) is 0 Å². The second kappa shape index (κ2) is 6.34. The Labute approximate surface area is 64.0 Å². The van der Waals surface area contributed by atoms with Gasteiger partial charge in [0.25, 0.3) is 0 Å². The average Bonchev–Trinajstić information content (AvgIpc) is 1.99. The zero-order valence-corrected chi connectivity index (χ0v) is 6.93. The van der Waals surface area contributed by atoms with E-state index in [0.717, 1.165) is 12.8 Å². The third-order valence-electron chi connectivity index (χ3n) is 1.51. The summed E-state index contributed by atoms with van der Waals surface area (Å²) in [6, 6.07) is 0. The maximum absolute atomic E-state index is 3.60. The highest BCUT2D eigenvalue weighted by Gasteiger charge is 1.85. The summed E-state index contributed by atoms with van der Waals surface area (Å²) in [6.45, 7) is 7.86. The van der Waals surface area contributed by atoms with Crippen molar-refractivity contribution in [2.75, 3.05) is 0 Å². The van der Waals surface area contributed by atoms with Gasteiger partial charge in [-0.1, -0.05) is 43.4 Å². The van der Waals surface area contributed by atoms with E-state index in [1.54, 1.807) is 0 Å². The molecule has 0 atom stereocenters. The zero-order chi connectivity index (χ0) is 7.82. The summed E-state index contributed by atoms with van der Waals surface area (Å²) < 4.78 is 0. The van der Waals surface area contributed by atoms with E-state index in [-0.39, 0.29) is 0 Å². The molecule has 0 aliphatic carbocycles. The summed E-state index contributed by atoms with van der Waals surface area (Å²) in [5, 5.41) is 0. The molecule has 0 aromatic carbocycles. The monoisotopic (exact) mass is 136 g/mol. The Morgan fingerprint density at radius 1 is 1.50 bits per heavy atom. The minimum Gasteiger partial charge on any atom is -0.0991 e. The van der Waals surface area contributed by atoms with Crippen molar-refractivity contribution in [2.24, 2.45) is 0 Å². The van der Waals surface area contributed by atoms with Crippen LogP contribution in [0.2, 0.25) is 0 Å². The van der Waals surface area contributed by atoms with Crippen LogP contribution >= 0.6 is 0 Å². The van der Waals surface area contributed by atoms with Crippen molar-refractivity contribution in [2.45, 2.75) is 26.7 Å². The molecule has 0 fully saturated rings. The van der Waals surface area contributed by atoms with E-state index >= 15 is 0 Å². The van der Waals surface area contributed by atoms with Crippen LogP contribution in [-0.2, 0) is 0 Å². The molecule has 0 saturated heterocycles. The van der Waals surface area contributed by atoms with Crippen molar-refractivity contribution in [3.63, 3.8) is 0 Å². The van der Waals surface area contributed by atoms with Gasteiger partial charge in [0.2, 0.25) is 0 Å². The maximum Gasteiger partial charge on any atom is -0.0136 e. The highest BCUT2D eigenvalue weighted by molar-refractivity contribution is 5.08. The van der Waals surface area contributed by atoms with Crippen molar-refractivity contribution in [1.29, 1.82) is 0 Å². The lowest BCUT2D eigenvalue weighted by atomic mass is 10.1. The van der Waals surface area contributed by atoms with Crippen LogP contribution in [-0.4, -0.2) is 0 Å². The molecule has 0 radical (unpaired) electrons. The summed E-state index contributed by atoms with van der Waals surface area (Å²) in [4.78, 5) is 0. The minimum atomic E-state index is 1.07. The molecule has 0 bridgehead atoms. The molecule has 0 aliphatic rings. The van der Waals surface area contributed by atoms with Crippen molar-refractivity contribution < 1.29 is 0 Å². The minimum absolute atomic E-state index is 1.07. The van der Waals surface area contributed by atoms with Gasteiger partial charge in [0.1, 0.15) is 0 Å². The number of hydrogen-bond donors (Lipinski definition) is 0. The van der Waals surface area contributed by atoms with E-state index < -0.39 is 0 Å². The first-order valence-electron chi connectivity index (χ1n) is 3.76. The van der Waals surface area contributed by atoms with E-state index in [4.69, 9.17) is 0 Å². The molecule has 0 aromatic rings. The first-order chi connectivity index (χ1) is 4.85. The summed E-state index contributed by atoms with van der Waals surface area (Å²) in [6.07, 6.45) is 10.3. The van der Waals surface area contributed by atoms with E-state index in [9.17, 15) is 0 Å². The van der Waals surface area contributed by atoms with Gasteiger partial charge in [-0.05, 0) is 19.8 Å². The van der Waals surface area contributed by atoms with Gasteiger partial charge in [0, 0.05) is 0 Å². The van der Waals surface area contributed by atoms with Gasteiger partial charge in [-0.15, -0.1) is 0 Å². The van der Waals surface area contributed by atoms with Crippen LogP contribution in [0.15, 0.2) is 36.5 Å². The fourth-order valence-electron chi connectivity index (χ4n) is 0.782. The molecular weight excluding hydrogens is 120 g/mol. The topological polar surface area (TPSA) is 0 Å². The lowest BCUT2D eigenvalue weighted by molar-refractivity contribution is 1.02. The fourth-order valence-corrected chi connectivity index (χ4v) is 0.782. The molecule has 0 amide bonds. The predicted molar refractivity (Wildman–Crippen MR) is 48.0 cm³/mol. The highest BCUT2D eigenvalue weighted by Crippen LogP contribution is 2.05. The lowest BCUT2D eigenvalue weighted by Crippen LogP contribution is -1.75. The van der Waals surface area contributed by atoms with Crippen LogP contribution in [0.4, 0.5) is 0 Å². The summed E-state index contributed by atoms with van der Waals surface area (Å²) in [5.74, 6) is 0. The van der Waals surface area contributed by atoms with E-state index in [1.807, 2.05) is 12.2 Å². The fraction of sp³-hybridized carbons (Fsp3) is 0.400. The number of allylic oxidation sites excluding steroid dienone is 5. The Morgan fingerprint density at radius 3 is 2.60 bits per heavy atom. The summed E-state index contributed by atoms with van der Waals surface area (Å²) in [7, 11) is 0. The Kier molecular flexibility index (Phi) is 5.85. The van der Waals surface area contributed by atoms with Crippen LogP contribution in [0.1, 0.15) is 26.7 Å². The zero-order valence-electron chi connectivity index (χ0n) is 6.93.